The Kier molecular flexibility index (Phi) is 4.16. The molecule has 0 radical (unpaired) electrons. The smallest absolute Gasteiger partial charge is 0.227 e. The van der Waals surface area contributed by atoms with E-state index in [1.165, 1.54) is 6.42 Å². The van der Waals surface area contributed by atoms with E-state index in [1.807, 2.05) is 0 Å². The number of nitrogens with zero attached hydrogens (tertiary/aromatic N) is 2. The summed E-state index contributed by atoms with van der Waals surface area (Å²) in [5.74, 6) is 0.880. The normalized spacial score (nSPS) is 22.0. The fraction of sp³-hybridized carbons (Fsp3) is 0.600. The number of aromatic nitrogens is 1. The van der Waals surface area contributed by atoms with E-state index < -0.39 is 0 Å². The molecule has 20 heavy (non-hydrogen) atoms. The molecule has 5 nitrogen and oxygen atoms in total. The van der Waals surface area contributed by atoms with Crippen molar-refractivity contribution < 1.29 is 14.3 Å². The number of ether oxygens (including phenoxy) is 2. The first-order valence-corrected chi connectivity index (χ1v) is 7.33. The van der Waals surface area contributed by atoms with E-state index in [0.29, 0.717) is 19.6 Å². The van der Waals surface area contributed by atoms with Gasteiger partial charge >= 0.3 is 0 Å². The molecule has 108 valence electrons. The summed E-state index contributed by atoms with van der Waals surface area (Å²) < 4.78 is 11.2. The van der Waals surface area contributed by atoms with E-state index in [0.717, 1.165) is 37.3 Å². The first-order valence-electron chi connectivity index (χ1n) is 7.33. The lowest BCUT2D eigenvalue weighted by molar-refractivity contribution is -0.119. The summed E-state index contributed by atoms with van der Waals surface area (Å²) in [6.45, 7) is 1.98. The third-order valence-corrected chi connectivity index (χ3v) is 3.88. The summed E-state index contributed by atoms with van der Waals surface area (Å²) in [5.41, 5.74) is 0.785. The van der Waals surface area contributed by atoms with Gasteiger partial charge in [0.2, 0.25) is 5.91 Å². The lowest BCUT2D eigenvalue weighted by atomic mass is 10.0. The Bertz CT molecular complexity index is 472. The largest absolute Gasteiger partial charge is 0.489 e. The second kappa shape index (κ2) is 6.22. The number of fused-ring (bicyclic) bond motifs is 1. The maximum atomic E-state index is 12.4. The molecule has 3 rings (SSSR count). The maximum absolute atomic E-state index is 12.4. The van der Waals surface area contributed by atoms with Gasteiger partial charge in [-0.1, -0.05) is 0 Å². The highest BCUT2D eigenvalue weighted by Crippen LogP contribution is 2.30. The van der Waals surface area contributed by atoms with Gasteiger partial charge in [-0.3, -0.25) is 9.78 Å². The lowest BCUT2D eigenvalue weighted by Crippen LogP contribution is -2.38. The highest BCUT2D eigenvalue weighted by atomic mass is 16.5. The Balaban J connectivity index is 1.60. The minimum absolute atomic E-state index is 0.136. The predicted molar refractivity (Wildman–Crippen MR) is 74.9 cm³/mol. The van der Waals surface area contributed by atoms with Crippen LogP contribution >= 0.6 is 0 Å². The molecular formula is C15H20N2O3. The molecule has 1 fully saturated rings. The van der Waals surface area contributed by atoms with E-state index >= 15 is 0 Å². The molecule has 0 spiro atoms. The van der Waals surface area contributed by atoms with Crippen LogP contribution in [0.1, 0.15) is 32.1 Å². The quantitative estimate of drug-likeness (QED) is 0.849. The SMILES string of the molecule is O=C(CCC1CCCCO1)N1CCOc2ccncc21. The van der Waals surface area contributed by atoms with Crippen LogP contribution in [0.3, 0.4) is 0 Å². The average molecular weight is 276 g/mol. The van der Waals surface area contributed by atoms with Gasteiger partial charge in [-0.25, -0.2) is 0 Å². The fourth-order valence-electron chi connectivity index (χ4n) is 2.78. The number of carbonyl (C=O) groups is 1. The molecule has 1 amide bonds. The molecule has 0 N–H and O–H groups in total. The minimum atomic E-state index is 0.136. The van der Waals surface area contributed by atoms with Crippen LogP contribution in [0.4, 0.5) is 5.69 Å². The summed E-state index contributed by atoms with van der Waals surface area (Å²) in [6.07, 6.45) is 8.41. The molecule has 2 aliphatic rings. The average Bonchev–Trinajstić information content (AvgIpc) is 2.53. The first kappa shape index (κ1) is 13.4. The second-order valence-corrected chi connectivity index (χ2v) is 5.26. The fourth-order valence-corrected chi connectivity index (χ4v) is 2.78. The molecule has 5 heteroatoms. The van der Waals surface area contributed by atoms with Crippen LogP contribution in [0.15, 0.2) is 18.5 Å². The number of pyridine rings is 1. The predicted octanol–water partition coefficient (Wildman–Crippen LogP) is 2.16. The molecule has 1 atom stereocenters. The summed E-state index contributed by atoms with van der Waals surface area (Å²) in [6, 6.07) is 1.80. The van der Waals surface area contributed by atoms with Gasteiger partial charge in [0.1, 0.15) is 18.0 Å². The van der Waals surface area contributed by atoms with Crippen LogP contribution in [0.25, 0.3) is 0 Å². The number of rotatable bonds is 3. The van der Waals surface area contributed by atoms with Crippen molar-refractivity contribution in [1.82, 2.24) is 4.98 Å². The van der Waals surface area contributed by atoms with E-state index in [1.54, 1.807) is 23.4 Å². The molecule has 1 aromatic heterocycles. The van der Waals surface area contributed by atoms with Gasteiger partial charge in [-0.15, -0.1) is 0 Å². The van der Waals surface area contributed by atoms with Gasteiger partial charge in [-0.2, -0.15) is 0 Å². The van der Waals surface area contributed by atoms with Crippen LogP contribution in [-0.4, -0.2) is 36.8 Å². The molecule has 1 saturated heterocycles. The highest BCUT2D eigenvalue weighted by Gasteiger charge is 2.24. The molecule has 3 heterocycles. The van der Waals surface area contributed by atoms with Gasteiger partial charge in [0.05, 0.1) is 18.8 Å². The molecule has 2 aliphatic heterocycles. The van der Waals surface area contributed by atoms with E-state index in [2.05, 4.69) is 4.98 Å². The van der Waals surface area contributed by atoms with Gasteiger partial charge in [0.15, 0.2) is 0 Å². The van der Waals surface area contributed by atoms with Crippen molar-refractivity contribution in [3.63, 3.8) is 0 Å². The van der Waals surface area contributed by atoms with Crippen molar-refractivity contribution in [3.05, 3.63) is 18.5 Å². The Morgan fingerprint density at radius 1 is 1.40 bits per heavy atom. The van der Waals surface area contributed by atoms with Crippen LogP contribution < -0.4 is 9.64 Å². The van der Waals surface area contributed by atoms with Gasteiger partial charge in [-0.05, 0) is 25.7 Å². The van der Waals surface area contributed by atoms with Crippen LogP contribution in [0, 0.1) is 0 Å². The molecular weight excluding hydrogens is 256 g/mol. The number of carbonyl (C=O) groups excluding carboxylic acids is 1. The van der Waals surface area contributed by atoms with Crippen LogP contribution in [0.2, 0.25) is 0 Å². The monoisotopic (exact) mass is 276 g/mol. The van der Waals surface area contributed by atoms with Crippen molar-refractivity contribution in [1.29, 1.82) is 0 Å². The summed E-state index contributed by atoms with van der Waals surface area (Å²) in [4.78, 5) is 18.3. The number of hydrogen-bond donors (Lipinski definition) is 0. The topological polar surface area (TPSA) is 51.7 Å². The zero-order valence-electron chi connectivity index (χ0n) is 11.6. The Hall–Kier alpha value is -1.62. The van der Waals surface area contributed by atoms with E-state index in [9.17, 15) is 4.79 Å². The summed E-state index contributed by atoms with van der Waals surface area (Å²) in [7, 11) is 0. The van der Waals surface area contributed by atoms with Crippen molar-refractivity contribution in [3.8, 4) is 5.75 Å². The van der Waals surface area contributed by atoms with Crippen LogP contribution in [0.5, 0.6) is 5.75 Å². The van der Waals surface area contributed by atoms with Crippen molar-refractivity contribution in [2.45, 2.75) is 38.2 Å². The molecule has 0 bridgehead atoms. The van der Waals surface area contributed by atoms with Crippen molar-refractivity contribution >= 4 is 11.6 Å². The number of hydrogen-bond acceptors (Lipinski definition) is 4. The minimum Gasteiger partial charge on any atom is -0.489 e. The van der Waals surface area contributed by atoms with E-state index in [4.69, 9.17) is 9.47 Å². The lowest BCUT2D eigenvalue weighted by Gasteiger charge is -2.30. The van der Waals surface area contributed by atoms with Gasteiger partial charge < -0.3 is 14.4 Å². The van der Waals surface area contributed by atoms with Gasteiger partial charge in [0, 0.05) is 25.3 Å². The van der Waals surface area contributed by atoms with Crippen molar-refractivity contribution in [2.75, 3.05) is 24.7 Å². The zero-order valence-corrected chi connectivity index (χ0v) is 11.6. The maximum Gasteiger partial charge on any atom is 0.227 e. The van der Waals surface area contributed by atoms with E-state index in [-0.39, 0.29) is 12.0 Å². The standard InChI is InChI=1S/C15H20N2O3/c18-15(5-4-12-3-1-2-9-19-12)17-8-10-20-14-6-7-16-11-13(14)17/h6-7,11-12H,1-5,8-10H2. The second-order valence-electron chi connectivity index (χ2n) is 5.26. The number of amides is 1. The first-order chi connectivity index (χ1) is 9.84. The molecule has 0 saturated carbocycles. The highest BCUT2D eigenvalue weighted by molar-refractivity contribution is 5.95. The molecule has 1 unspecified atom stereocenters. The third kappa shape index (κ3) is 2.93. The zero-order chi connectivity index (χ0) is 13.8. The number of anilines is 1. The molecule has 1 aromatic rings. The molecule has 0 aliphatic carbocycles. The van der Waals surface area contributed by atoms with Crippen LogP contribution in [-0.2, 0) is 9.53 Å². The summed E-state index contributed by atoms with van der Waals surface area (Å²) >= 11 is 0. The molecule has 0 aromatic carbocycles. The summed E-state index contributed by atoms with van der Waals surface area (Å²) in [5, 5.41) is 0. The van der Waals surface area contributed by atoms with Gasteiger partial charge in [0.25, 0.3) is 0 Å². The Morgan fingerprint density at radius 3 is 3.20 bits per heavy atom. The Labute approximate surface area is 118 Å². The van der Waals surface area contributed by atoms with Crippen molar-refractivity contribution in [2.24, 2.45) is 0 Å². The Morgan fingerprint density at radius 2 is 2.35 bits per heavy atom. The third-order valence-electron chi connectivity index (χ3n) is 3.88.